The molecule has 0 spiro atoms. The maximum atomic E-state index is 12.9. The Kier molecular flexibility index (Phi) is 5.56. The van der Waals surface area contributed by atoms with Crippen molar-refractivity contribution >= 4 is 65.6 Å². The van der Waals surface area contributed by atoms with E-state index in [1.807, 2.05) is 0 Å². The number of para-hydroxylation sites is 1. The van der Waals surface area contributed by atoms with Crippen LogP contribution in [0.2, 0.25) is 10.2 Å². The lowest BCUT2D eigenvalue weighted by molar-refractivity contribution is 0.484. The Hall–Kier alpha value is -2.79. The van der Waals surface area contributed by atoms with Crippen molar-refractivity contribution in [1.82, 2.24) is 4.98 Å². The molecular weight excluding hydrogens is 485 g/mol. The SMILES string of the molecule is O=S(=O)(Nc1ccc(Cl)cc1NS(=O)(=O)c1cc2ccccc2o1)c1ccc(Cl)nc1. The Morgan fingerprint density at radius 2 is 1.55 bits per heavy atom. The van der Waals surface area contributed by atoms with Gasteiger partial charge in [0.25, 0.3) is 20.0 Å². The summed E-state index contributed by atoms with van der Waals surface area (Å²) in [6, 6.07) is 14.8. The Morgan fingerprint density at radius 1 is 0.806 bits per heavy atom. The van der Waals surface area contributed by atoms with Crippen molar-refractivity contribution in [3.63, 3.8) is 0 Å². The number of nitrogens with zero attached hydrogens (tertiary/aromatic N) is 1. The molecule has 0 radical (unpaired) electrons. The van der Waals surface area contributed by atoms with Crippen molar-refractivity contribution in [2.45, 2.75) is 9.99 Å². The molecule has 0 aliphatic carbocycles. The highest BCUT2D eigenvalue weighted by molar-refractivity contribution is 7.93. The standard InChI is InChI=1S/C19H13Cl2N3O5S2/c20-13-5-7-15(23-30(25,26)14-6-8-18(21)22-11-14)16(10-13)24-31(27,28)19-9-12-3-1-2-4-17(12)29-19/h1-11,23-24H. The van der Waals surface area contributed by atoms with Crippen LogP contribution in [0.1, 0.15) is 0 Å². The van der Waals surface area contributed by atoms with E-state index in [0.29, 0.717) is 11.0 Å². The van der Waals surface area contributed by atoms with Crippen LogP contribution in [0.15, 0.2) is 81.3 Å². The molecule has 2 N–H and O–H groups in total. The van der Waals surface area contributed by atoms with Gasteiger partial charge in [-0.05, 0) is 36.4 Å². The third-order valence-electron chi connectivity index (χ3n) is 4.15. The third kappa shape index (κ3) is 4.62. The van der Waals surface area contributed by atoms with Crippen molar-refractivity contribution in [3.05, 3.63) is 77.0 Å². The number of sulfonamides is 2. The number of hydrogen-bond acceptors (Lipinski definition) is 6. The predicted molar refractivity (Wildman–Crippen MR) is 119 cm³/mol. The monoisotopic (exact) mass is 497 g/mol. The molecule has 0 atom stereocenters. The number of nitrogens with one attached hydrogen (secondary N) is 2. The van der Waals surface area contributed by atoms with Gasteiger partial charge in [-0.3, -0.25) is 9.44 Å². The summed E-state index contributed by atoms with van der Waals surface area (Å²) in [5.41, 5.74) is 0.266. The molecule has 0 saturated carbocycles. The van der Waals surface area contributed by atoms with Crippen molar-refractivity contribution in [3.8, 4) is 0 Å². The second-order valence-corrected chi connectivity index (χ2v) is 10.4. The predicted octanol–water partition coefficient (Wildman–Crippen LogP) is 4.74. The molecule has 2 aromatic heterocycles. The lowest BCUT2D eigenvalue weighted by Gasteiger charge is -2.14. The quantitative estimate of drug-likeness (QED) is 0.371. The molecule has 0 aliphatic rings. The normalized spacial score (nSPS) is 12.1. The van der Waals surface area contributed by atoms with E-state index in [9.17, 15) is 16.8 Å². The number of pyridine rings is 1. The molecule has 4 rings (SSSR count). The summed E-state index contributed by atoms with van der Waals surface area (Å²) in [6.45, 7) is 0. The summed E-state index contributed by atoms with van der Waals surface area (Å²) in [7, 11) is -8.26. The molecule has 8 nitrogen and oxygen atoms in total. The summed E-state index contributed by atoms with van der Waals surface area (Å²) in [6.07, 6.45) is 1.08. The van der Waals surface area contributed by atoms with Crippen LogP contribution in [0.5, 0.6) is 0 Å². The van der Waals surface area contributed by atoms with Gasteiger partial charge in [0.05, 0.1) is 11.4 Å². The van der Waals surface area contributed by atoms with Gasteiger partial charge in [-0.15, -0.1) is 0 Å². The van der Waals surface area contributed by atoms with E-state index in [-0.39, 0.29) is 31.5 Å². The van der Waals surface area contributed by atoms with Crippen LogP contribution in [0.3, 0.4) is 0 Å². The number of furan rings is 1. The Balaban J connectivity index is 1.69. The Labute approximate surface area is 187 Å². The molecule has 2 heterocycles. The van der Waals surface area contributed by atoms with E-state index in [1.54, 1.807) is 24.3 Å². The van der Waals surface area contributed by atoms with Crippen molar-refractivity contribution in [1.29, 1.82) is 0 Å². The van der Waals surface area contributed by atoms with Gasteiger partial charge < -0.3 is 4.42 Å². The number of halogens is 2. The van der Waals surface area contributed by atoms with Gasteiger partial charge in [-0.2, -0.15) is 8.42 Å². The first kappa shape index (κ1) is 21.4. The fourth-order valence-electron chi connectivity index (χ4n) is 2.70. The molecule has 12 heteroatoms. The fraction of sp³-hybridized carbons (Fsp3) is 0. The Bertz CT molecular complexity index is 1450. The zero-order valence-electron chi connectivity index (χ0n) is 15.4. The second-order valence-electron chi connectivity index (χ2n) is 6.32. The fourth-order valence-corrected chi connectivity index (χ4v) is 5.05. The largest absolute Gasteiger partial charge is 0.443 e. The molecular formula is C19H13Cl2N3O5S2. The maximum absolute atomic E-state index is 12.9. The van der Waals surface area contributed by atoms with E-state index in [4.69, 9.17) is 27.6 Å². The topological polar surface area (TPSA) is 118 Å². The second kappa shape index (κ2) is 8.04. The van der Waals surface area contributed by atoms with Gasteiger partial charge in [-0.1, -0.05) is 41.4 Å². The van der Waals surface area contributed by atoms with E-state index >= 15 is 0 Å². The highest BCUT2D eigenvalue weighted by atomic mass is 35.5. The molecule has 2 aromatic carbocycles. The number of rotatable bonds is 6. The van der Waals surface area contributed by atoms with E-state index in [0.717, 1.165) is 6.20 Å². The minimum Gasteiger partial charge on any atom is -0.443 e. The molecule has 0 amide bonds. The van der Waals surface area contributed by atoms with Crippen LogP contribution in [0.4, 0.5) is 11.4 Å². The smallest absolute Gasteiger partial charge is 0.295 e. The molecule has 0 saturated heterocycles. The zero-order chi connectivity index (χ0) is 22.2. The average molecular weight is 498 g/mol. The Morgan fingerprint density at radius 3 is 2.26 bits per heavy atom. The summed E-state index contributed by atoms with van der Waals surface area (Å²) in [5, 5.41) is 0.595. The highest BCUT2D eigenvalue weighted by Crippen LogP contribution is 2.31. The van der Waals surface area contributed by atoms with Gasteiger partial charge in [0, 0.05) is 22.7 Å². The molecule has 0 aliphatic heterocycles. The summed E-state index contributed by atoms with van der Waals surface area (Å²) in [5.74, 6) is 0. The van der Waals surface area contributed by atoms with Gasteiger partial charge in [-0.25, -0.2) is 13.4 Å². The molecule has 4 aromatic rings. The number of anilines is 2. The summed E-state index contributed by atoms with van der Waals surface area (Å²) in [4.78, 5) is 3.59. The minimum absolute atomic E-state index is 0.0426. The van der Waals surface area contributed by atoms with Gasteiger partial charge >= 0.3 is 0 Å². The third-order valence-corrected chi connectivity index (χ3v) is 7.18. The molecule has 160 valence electrons. The molecule has 31 heavy (non-hydrogen) atoms. The molecule has 0 bridgehead atoms. The zero-order valence-corrected chi connectivity index (χ0v) is 18.6. The van der Waals surface area contributed by atoms with E-state index in [1.165, 1.54) is 36.4 Å². The minimum atomic E-state index is -4.18. The number of hydrogen-bond donors (Lipinski definition) is 2. The van der Waals surface area contributed by atoms with Gasteiger partial charge in [0.15, 0.2) is 0 Å². The van der Waals surface area contributed by atoms with Crippen LogP contribution in [-0.2, 0) is 20.0 Å². The first-order chi connectivity index (χ1) is 14.6. The average Bonchev–Trinajstić information content (AvgIpc) is 3.15. The van der Waals surface area contributed by atoms with Crippen LogP contribution in [0, 0.1) is 0 Å². The van der Waals surface area contributed by atoms with Crippen molar-refractivity contribution < 1.29 is 21.3 Å². The van der Waals surface area contributed by atoms with Crippen LogP contribution in [0.25, 0.3) is 11.0 Å². The van der Waals surface area contributed by atoms with Crippen LogP contribution < -0.4 is 9.44 Å². The van der Waals surface area contributed by atoms with Crippen molar-refractivity contribution in [2.24, 2.45) is 0 Å². The maximum Gasteiger partial charge on any atom is 0.295 e. The van der Waals surface area contributed by atoms with Crippen LogP contribution in [-0.4, -0.2) is 21.8 Å². The first-order valence-corrected chi connectivity index (χ1v) is 12.3. The molecule has 0 fully saturated rings. The highest BCUT2D eigenvalue weighted by Gasteiger charge is 2.23. The van der Waals surface area contributed by atoms with Gasteiger partial charge in [0.1, 0.15) is 15.6 Å². The lowest BCUT2D eigenvalue weighted by Crippen LogP contribution is -2.17. The number of aromatic nitrogens is 1. The van der Waals surface area contributed by atoms with Crippen LogP contribution >= 0.6 is 23.2 Å². The summed E-state index contributed by atoms with van der Waals surface area (Å²) >= 11 is 11.7. The summed E-state index contributed by atoms with van der Waals surface area (Å²) < 4.78 is 61.1. The number of benzene rings is 2. The van der Waals surface area contributed by atoms with Gasteiger partial charge in [0.2, 0.25) is 5.09 Å². The van der Waals surface area contributed by atoms with E-state index < -0.39 is 20.0 Å². The van der Waals surface area contributed by atoms with E-state index in [2.05, 4.69) is 14.4 Å². The number of fused-ring (bicyclic) bond motifs is 1. The lowest BCUT2D eigenvalue weighted by atomic mass is 10.3. The van der Waals surface area contributed by atoms with Crippen molar-refractivity contribution in [2.75, 3.05) is 9.44 Å². The molecule has 0 unspecified atom stereocenters. The first-order valence-electron chi connectivity index (χ1n) is 8.59.